The third-order valence-corrected chi connectivity index (χ3v) is 4.42. The number of nitrogens with zero attached hydrogens (tertiary/aromatic N) is 2. The molecule has 0 aliphatic heterocycles. The van der Waals surface area contributed by atoms with E-state index in [1.54, 1.807) is 30.3 Å². The predicted molar refractivity (Wildman–Crippen MR) is 87.2 cm³/mol. The van der Waals surface area contributed by atoms with Gasteiger partial charge >= 0.3 is 6.18 Å². The van der Waals surface area contributed by atoms with Crippen molar-refractivity contribution in [3.8, 4) is 5.69 Å². The van der Waals surface area contributed by atoms with E-state index in [0.717, 1.165) is 0 Å². The highest BCUT2D eigenvalue weighted by Gasteiger charge is 2.45. The molecule has 1 unspecified atom stereocenters. The minimum atomic E-state index is -4.58. The molecule has 0 fully saturated rings. The largest absolute Gasteiger partial charge is 0.435 e. The van der Waals surface area contributed by atoms with Crippen LogP contribution in [0, 0.1) is 5.41 Å². The summed E-state index contributed by atoms with van der Waals surface area (Å²) in [6, 6.07) is 8.07. The standard InChI is InChI=1S/C18H20F3N3O/c1-11(25)22-13-9-17(2,3)10-14-15(13)16(18(19,20)21)23-24(14)12-7-5-4-6-8-12/h4-8,13H,9-10H2,1-3H3,(H,22,25). The van der Waals surface area contributed by atoms with E-state index in [9.17, 15) is 18.0 Å². The normalized spacial score (nSPS) is 19.4. The lowest BCUT2D eigenvalue weighted by atomic mass is 9.73. The van der Waals surface area contributed by atoms with Crippen molar-refractivity contribution in [2.75, 3.05) is 0 Å². The summed E-state index contributed by atoms with van der Waals surface area (Å²) in [4.78, 5) is 11.6. The molecule has 0 saturated carbocycles. The monoisotopic (exact) mass is 351 g/mol. The number of nitrogens with one attached hydrogen (secondary N) is 1. The molecule has 3 rings (SSSR count). The van der Waals surface area contributed by atoms with Crippen LogP contribution in [0.2, 0.25) is 0 Å². The molecule has 1 amide bonds. The fourth-order valence-electron chi connectivity index (χ4n) is 3.54. The summed E-state index contributed by atoms with van der Waals surface area (Å²) in [6.45, 7) is 5.29. The number of alkyl halides is 3. The van der Waals surface area contributed by atoms with Crippen molar-refractivity contribution in [2.45, 2.75) is 45.8 Å². The van der Waals surface area contributed by atoms with E-state index >= 15 is 0 Å². The van der Waals surface area contributed by atoms with Crippen LogP contribution in [0.4, 0.5) is 13.2 Å². The molecule has 1 atom stereocenters. The first-order valence-corrected chi connectivity index (χ1v) is 8.10. The third kappa shape index (κ3) is 3.41. The van der Waals surface area contributed by atoms with Crippen LogP contribution >= 0.6 is 0 Å². The molecule has 2 aromatic rings. The number of aromatic nitrogens is 2. The van der Waals surface area contributed by atoms with E-state index in [1.165, 1.54) is 11.6 Å². The van der Waals surface area contributed by atoms with Crippen molar-refractivity contribution >= 4 is 5.91 Å². The third-order valence-electron chi connectivity index (χ3n) is 4.42. The van der Waals surface area contributed by atoms with Crippen molar-refractivity contribution in [2.24, 2.45) is 5.41 Å². The SMILES string of the molecule is CC(=O)NC1CC(C)(C)Cc2c1c(C(F)(F)F)nn2-c1ccccc1. The number of halogens is 3. The maximum Gasteiger partial charge on any atom is 0.435 e. The van der Waals surface area contributed by atoms with Crippen LogP contribution in [0.1, 0.15) is 50.2 Å². The van der Waals surface area contributed by atoms with Crippen molar-refractivity contribution in [3.63, 3.8) is 0 Å². The van der Waals surface area contributed by atoms with Crippen LogP contribution in [-0.2, 0) is 17.4 Å². The second-order valence-corrected chi connectivity index (χ2v) is 7.25. The first-order chi connectivity index (χ1) is 11.6. The van der Waals surface area contributed by atoms with Gasteiger partial charge in [0.15, 0.2) is 5.69 Å². The van der Waals surface area contributed by atoms with Gasteiger partial charge in [0.05, 0.1) is 17.4 Å². The molecule has 4 nitrogen and oxygen atoms in total. The van der Waals surface area contributed by atoms with Crippen molar-refractivity contribution in [1.29, 1.82) is 0 Å². The van der Waals surface area contributed by atoms with E-state index in [0.29, 0.717) is 24.2 Å². The molecule has 1 aliphatic rings. The number of carbonyl (C=O) groups excluding carboxylic acids is 1. The molecule has 0 spiro atoms. The molecule has 7 heteroatoms. The maximum absolute atomic E-state index is 13.6. The highest BCUT2D eigenvalue weighted by molar-refractivity contribution is 5.73. The second kappa shape index (κ2) is 5.89. The fraction of sp³-hybridized carbons (Fsp3) is 0.444. The lowest BCUT2D eigenvalue weighted by Gasteiger charge is -2.36. The van der Waals surface area contributed by atoms with Gasteiger partial charge in [-0.2, -0.15) is 18.3 Å². The zero-order chi connectivity index (χ0) is 18.4. The van der Waals surface area contributed by atoms with Crippen LogP contribution in [0.25, 0.3) is 5.69 Å². The number of rotatable bonds is 2. The first kappa shape index (κ1) is 17.5. The first-order valence-electron chi connectivity index (χ1n) is 8.10. The van der Waals surface area contributed by atoms with E-state index in [2.05, 4.69) is 10.4 Å². The molecule has 1 aromatic carbocycles. The Balaban J connectivity index is 2.25. The summed E-state index contributed by atoms with van der Waals surface area (Å²) in [6.07, 6.45) is -3.69. The smallest absolute Gasteiger partial charge is 0.349 e. The fourth-order valence-corrected chi connectivity index (χ4v) is 3.54. The Morgan fingerprint density at radius 3 is 2.48 bits per heavy atom. The highest BCUT2D eigenvalue weighted by Crippen LogP contribution is 2.46. The lowest BCUT2D eigenvalue weighted by Crippen LogP contribution is -2.36. The van der Waals surface area contributed by atoms with E-state index in [-0.39, 0.29) is 16.9 Å². The lowest BCUT2D eigenvalue weighted by molar-refractivity contribution is -0.142. The zero-order valence-corrected chi connectivity index (χ0v) is 14.3. The number of hydrogen-bond acceptors (Lipinski definition) is 2. The van der Waals surface area contributed by atoms with Crippen LogP contribution < -0.4 is 5.32 Å². The van der Waals surface area contributed by atoms with Gasteiger partial charge in [0.2, 0.25) is 5.91 Å². The van der Waals surface area contributed by atoms with Crippen molar-refractivity contribution < 1.29 is 18.0 Å². The van der Waals surface area contributed by atoms with Gasteiger partial charge in [-0.15, -0.1) is 0 Å². The average molecular weight is 351 g/mol. The van der Waals surface area contributed by atoms with Gasteiger partial charge in [0, 0.05) is 12.5 Å². The minimum absolute atomic E-state index is 0.0888. The van der Waals surface area contributed by atoms with Gasteiger partial charge in [-0.3, -0.25) is 4.79 Å². The molecular formula is C18H20F3N3O. The van der Waals surface area contributed by atoms with E-state index < -0.39 is 17.9 Å². The van der Waals surface area contributed by atoms with E-state index in [1.807, 2.05) is 13.8 Å². The highest BCUT2D eigenvalue weighted by atomic mass is 19.4. The molecule has 1 aliphatic carbocycles. The molecule has 0 saturated heterocycles. The molecule has 1 N–H and O–H groups in total. The van der Waals surface area contributed by atoms with Gasteiger partial charge in [-0.25, -0.2) is 4.68 Å². The summed E-state index contributed by atoms with van der Waals surface area (Å²) < 4.78 is 42.2. The molecule has 25 heavy (non-hydrogen) atoms. The number of para-hydroxylation sites is 1. The molecule has 1 aromatic heterocycles. The van der Waals surface area contributed by atoms with Gasteiger partial charge < -0.3 is 5.32 Å². The zero-order valence-electron chi connectivity index (χ0n) is 14.3. The van der Waals surface area contributed by atoms with Crippen molar-refractivity contribution in [3.05, 3.63) is 47.3 Å². The minimum Gasteiger partial charge on any atom is -0.349 e. The van der Waals surface area contributed by atoms with Gasteiger partial charge in [-0.1, -0.05) is 32.0 Å². The molecule has 0 radical (unpaired) electrons. The van der Waals surface area contributed by atoms with E-state index in [4.69, 9.17) is 0 Å². The quantitative estimate of drug-likeness (QED) is 0.888. The molecule has 134 valence electrons. The topological polar surface area (TPSA) is 46.9 Å². The number of carbonyl (C=O) groups is 1. The van der Waals surface area contributed by atoms with Crippen LogP contribution in [0.15, 0.2) is 30.3 Å². The Bertz CT molecular complexity index is 794. The average Bonchev–Trinajstić information content (AvgIpc) is 2.85. The predicted octanol–water partition coefficient (Wildman–Crippen LogP) is 4.04. The van der Waals surface area contributed by atoms with Crippen molar-refractivity contribution in [1.82, 2.24) is 15.1 Å². The molecular weight excluding hydrogens is 331 g/mol. The Hall–Kier alpha value is -2.31. The molecule has 0 bridgehead atoms. The summed E-state index contributed by atoms with van der Waals surface area (Å²) >= 11 is 0. The Kier molecular flexibility index (Phi) is 4.13. The summed E-state index contributed by atoms with van der Waals surface area (Å²) in [5.74, 6) is -0.353. The second-order valence-electron chi connectivity index (χ2n) is 7.25. The summed E-state index contributed by atoms with van der Waals surface area (Å²) in [5.41, 5.74) is 0.00348. The number of fused-ring (bicyclic) bond motifs is 1. The Morgan fingerprint density at radius 2 is 1.92 bits per heavy atom. The van der Waals surface area contributed by atoms with Gasteiger partial charge in [-0.05, 0) is 30.4 Å². The van der Waals surface area contributed by atoms with Crippen LogP contribution in [0.5, 0.6) is 0 Å². The summed E-state index contributed by atoms with van der Waals surface area (Å²) in [7, 11) is 0. The maximum atomic E-state index is 13.6. The Labute approximate surface area is 144 Å². The Morgan fingerprint density at radius 1 is 1.28 bits per heavy atom. The number of amides is 1. The van der Waals surface area contributed by atoms with Crippen LogP contribution in [0.3, 0.4) is 0 Å². The summed E-state index contributed by atoms with van der Waals surface area (Å²) in [5, 5.41) is 6.58. The van der Waals surface area contributed by atoms with Gasteiger partial charge in [0.25, 0.3) is 0 Å². The molecule has 1 heterocycles. The number of benzene rings is 1. The number of hydrogen-bond donors (Lipinski definition) is 1. The van der Waals surface area contributed by atoms with Crippen LogP contribution in [-0.4, -0.2) is 15.7 Å². The van der Waals surface area contributed by atoms with Gasteiger partial charge in [0.1, 0.15) is 0 Å².